The molecule has 5 N–H and O–H groups in total. The number of H-pyrrole nitrogens is 1. The van der Waals surface area contributed by atoms with E-state index in [1.54, 1.807) is 0 Å². The van der Waals surface area contributed by atoms with Crippen molar-refractivity contribution in [1.29, 1.82) is 0 Å². The number of nitrogens with zero attached hydrogens (tertiary/aromatic N) is 1. The number of aromatic amines is 1. The van der Waals surface area contributed by atoms with Gasteiger partial charge in [0.15, 0.2) is 11.8 Å². The zero-order valence-electron chi connectivity index (χ0n) is 20.4. The normalized spacial score (nSPS) is 12.7. The van der Waals surface area contributed by atoms with Crippen LogP contribution in [0.3, 0.4) is 0 Å². The molecule has 2 atom stereocenters. The minimum Gasteiger partial charge on any atom is -0.479 e. The number of benzene rings is 2. The Balaban J connectivity index is 1.67. The number of aromatic nitrogens is 2. The topological polar surface area (TPSA) is 144 Å². The number of aliphatic hydroxyl groups excluding tert-OH is 1. The van der Waals surface area contributed by atoms with E-state index in [9.17, 15) is 19.5 Å². The fraction of sp³-hybridized carbons (Fsp3) is 0.333. The lowest BCUT2D eigenvalue weighted by Crippen LogP contribution is -2.40. The Morgan fingerprint density at radius 2 is 1.64 bits per heavy atom. The Labute approximate surface area is 209 Å². The quantitative estimate of drug-likeness (QED) is 0.263. The van der Waals surface area contributed by atoms with Crippen LogP contribution in [0.15, 0.2) is 60.7 Å². The summed E-state index contributed by atoms with van der Waals surface area (Å²) in [5, 5.41) is 31.1. The fourth-order valence-corrected chi connectivity index (χ4v) is 3.70. The molecule has 9 heteroatoms. The molecule has 190 valence electrons. The molecule has 2 amide bonds. The van der Waals surface area contributed by atoms with Gasteiger partial charge in [-0.1, -0.05) is 68.4 Å². The summed E-state index contributed by atoms with van der Waals surface area (Å²) >= 11 is 0. The second-order valence-electron chi connectivity index (χ2n) is 9.13. The van der Waals surface area contributed by atoms with Crippen LogP contribution in [0.5, 0.6) is 0 Å². The van der Waals surface area contributed by atoms with Gasteiger partial charge in [0.1, 0.15) is 5.69 Å². The Kier molecular flexibility index (Phi) is 9.35. The maximum absolute atomic E-state index is 12.8. The van der Waals surface area contributed by atoms with Crippen molar-refractivity contribution < 1.29 is 24.6 Å². The summed E-state index contributed by atoms with van der Waals surface area (Å²) in [7, 11) is 0. The number of carboxylic acid groups (broad SMARTS) is 1. The number of carbonyl (C=O) groups is 3. The van der Waals surface area contributed by atoms with Crippen LogP contribution < -0.4 is 10.6 Å². The number of hydrogen-bond acceptors (Lipinski definition) is 5. The molecule has 2 aromatic carbocycles. The number of carbonyl (C=O) groups excluding carboxylic acids is 2. The van der Waals surface area contributed by atoms with Crippen molar-refractivity contribution >= 4 is 17.8 Å². The zero-order chi connectivity index (χ0) is 26.1. The first-order valence-corrected chi connectivity index (χ1v) is 11.9. The van der Waals surface area contributed by atoms with E-state index < -0.39 is 24.0 Å². The molecule has 0 aliphatic rings. The molecule has 3 aromatic rings. The second-order valence-corrected chi connectivity index (χ2v) is 9.13. The lowest BCUT2D eigenvalue weighted by molar-refractivity contribution is -0.147. The van der Waals surface area contributed by atoms with Gasteiger partial charge in [0.25, 0.3) is 11.8 Å². The van der Waals surface area contributed by atoms with E-state index >= 15 is 0 Å². The average Bonchev–Trinajstić information content (AvgIpc) is 3.35. The first-order chi connectivity index (χ1) is 17.2. The van der Waals surface area contributed by atoms with Gasteiger partial charge in [-0.05, 0) is 35.4 Å². The van der Waals surface area contributed by atoms with Crippen LogP contribution in [-0.4, -0.2) is 56.9 Å². The number of carboxylic acids is 1. The zero-order valence-corrected chi connectivity index (χ0v) is 20.4. The highest BCUT2D eigenvalue weighted by Gasteiger charge is 2.24. The number of hydrogen-bond donors (Lipinski definition) is 5. The number of amides is 2. The number of nitrogens with one attached hydrogen (secondary N) is 3. The minimum absolute atomic E-state index is 0.00162. The smallest absolute Gasteiger partial charge is 0.332 e. The van der Waals surface area contributed by atoms with Crippen molar-refractivity contribution in [3.05, 3.63) is 77.6 Å². The van der Waals surface area contributed by atoms with Crippen LogP contribution in [0.25, 0.3) is 11.1 Å². The summed E-state index contributed by atoms with van der Waals surface area (Å²) in [5.41, 5.74) is 3.12. The van der Waals surface area contributed by atoms with E-state index in [4.69, 9.17) is 5.11 Å². The van der Waals surface area contributed by atoms with Crippen LogP contribution >= 0.6 is 0 Å². The molecular formula is C27H32N4O5. The summed E-state index contributed by atoms with van der Waals surface area (Å²) in [6, 6.07) is 18.3. The van der Waals surface area contributed by atoms with Crippen LogP contribution in [0.1, 0.15) is 53.2 Å². The van der Waals surface area contributed by atoms with Gasteiger partial charge in [-0.15, -0.1) is 0 Å². The Bertz CT molecular complexity index is 1160. The maximum Gasteiger partial charge on any atom is 0.332 e. The lowest BCUT2D eigenvalue weighted by atomic mass is 9.97. The van der Waals surface area contributed by atoms with Gasteiger partial charge in [0.05, 0.1) is 0 Å². The molecule has 0 saturated carbocycles. The van der Waals surface area contributed by atoms with Crippen molar-refractivity contribution in [2.75, 3.05) is 6.54 Å². The molecule has 0 aliphatic carbocycles. The summed E-state index contributed by atoms with van der Waals surface area (Å²) in [6.45, 7) is 4.62. The average molecular weight is 493 g/mol. The summed E-state index contributed by atoms with van der Waals surface area (Å²) in [4.78, 5) is 36.3. The lowest BCUT2D eigenvalue weighted by Gasteiger charge is -2.20. The highest BCUT2D eigenvalue weighted by molar-refractivity contribution is 5.97. The van der Waals surface area contributed by atoms with Gasteiger partial charge >= 0.3 is 5.97 Å². The van der Waals surface area contributed by atoms with Crippen LogP contribution in [0.2, 0.25) is 0 Å². The van der Waals surface area contributed by atoms with Crippen molar-refractivity contribution in [3.8, 4) is 11.1 Å². The van der Waals surface area contributed by atoms with Gasteiger partial charge in [-0.3, -0.25) is 14.7 Å². The maximum atomic E-state index is 12.8. The van der Waals surface area contributed by atoms with Crippen molar-refractivity contribution in [3.63, 3.8) is 0 Å². The van der Waals surface area contributed by atoms with Crippen molar-refractivity contribution in [2.45, 2.75) is 45.3 Å². The highest BCUT2D eigenvalue weighted by atomic mass is 16.4. The highest BCUT2D eigenvalue weighted by Crippen LogP contribution is 2.20. The Hall–Kier alpha value is -3.98. The molecule has 36 heavy (non-hydrogen) atoms. The van der Waals surface area contributed by atoms with E-state index in [0.717, 1.165) is 23.1 Å². The molecule has 3 rings (SSSR count). The summed E-state index contributed by atoms with van der Waals surface area (Å²) in [5.74, 6) is -1.86. The Morgan fingerprint density at radius 3 is 2.28 bits per heavy atom. The van der Waals surface area contributed by atoms with Gasteiger partial charge in [0.2, 0.25) is 0 Å². The van der Waals surface area contributed by atoms with Crippen LogP contribution in [0.4, 0.5) is 0 Å². The minimum atomic E-state index is -1.64. The molecule has 0 bridgehead atoms. The van der Waals surface area contributed by atoms with E-state index in [1.807, 2.05) is 54.6 Å². The second kappa shape index (κ2) is 12.6. The predicted octanol–water partition coefficient (Wildman–Crippen LogP) is 3.03. The molecule has 0 aliphatic heterocycles. The molecule has 0 saturated heterocycles. The molecule has 0 fully saturated rings. The van der Waals surface area contributed by atoms with E-state index in [0.29, 0.717) is 18.9 Å². The molecule has 1 heterocycles. The van der Waals surface area contributed by atoms with Crippen LogP contribution in [-0.2, 0) is 11.2 Å². The molecule has 1 aromatic heterocycles. The third-order valence-electron chi connectivity index (χ3n) is 5.73. The van der Waals surface area contributed by atoms with Gasteiger partial charge in [-0.25, -0.2) is 4.79 Å². The first-order valence-electron chi connectivity index (χ1n) is 11.9. The molecule has 0 spiro atoms. The fourth-order valence-electron chi connectivity index (χ4n) is 3.70. The van der Waals surface area contributed by atoms with E-state index in [1.165, 1.54) is 6.07 Å². The molecule has 0 unspecified atom stereocenters. The van der Waals surface area contributed by atoms with Gasteiger partial charge < -0.3 is 20.8 Å². The Morgan fingerprint density at radius 1 is 0.972 bits per heavy atom. The van der Waals surface area contributed by atoms with Gasteiger partial charge in [0, 0.05) is 25.1 Å². The van der Waals surface area contributed by atoms with Crippen molar-refractivity contribution in [1.82, 2.24) is 20.8 Å². The summed E-state index contributed by atoms with van der Waals surface area (Å²) < 4.78 is 0. The predicted molar refractivity (Wildman–Crippen MR) is 135 cm³/mol. The van der Waals surface area contributed by atoms with Crippen molar-refractivity contribution in [2.24, 2.45) is 5.92 Å². The van der Waals surface area contributed by atoms with E-state index in [-0.39, 0.29) is 23.7 Å². The number of aliphatic carboxylic acids is 1. The third kappa shape index (κ3) is 7.78. The van der Waals surface area contributed by atoms with E-state index in [2.05, 4.69) is 34.7 Å². The largest absolute Gasteiger partial charge is 0.479 e. The van der Waals surface area contributed by atoms with Gasteiger partial charge in [-0.2, -0.15) is 5.10 Å². The molecule has 9 nitrogen and oxygen atoms in total. The SMILES string of the molecule is CC(C)CCNC(=O)c1cc(C(=O)N[C@H](Cc2ccc(-c3ccccc3)cc2)C[C@@H](O)C(=O)O)n[nH]1. The summed E-state index contributed by atoms with van der Waals surface area (Å²) in [6.07, 6.45) is -0.694. The first kappa shape index (κ1) is 26.6. The third-order valence-corrected chi connectivity index (χ3v) is 5.73. The monoisotopic (exact) mass is 492 g/mol. The number of aliphatic hydroxyl groups is 1. The molecule has 0 radical (unpaired) electrons. The molecular weight excluding hydrogens is 460 g/mol. The van der Waals surface area contributed by atoms with Crippen LogP contribution in [0, 0.1) is 5.92 Å². The standard InChI is InChI=1S/C27H32N4O5/c1-17(2)12-13-28-25(33)22-16-23(31-30-22)26(34)29-21(15-24(32)27(35)36)14-18-8-10-20(11-9-18)19-6-4-3-5-7-19/h3-11,16-17,21,24,32H,12-15H2,1-2H3,(H,28,33)(H,29,34)(H,30,31)(H,35,36)/t21-,24-/m1/s1. The number of rotatable bonds is 12.